The van der Waals surface area contributed by atoms with Crippen molar-refractivity contribution < 1.29 is 19.1 Å². The summed E-state index contributed by atoms with van der Waals surface area (Å²) in [6.45, 7) is 5.19. The summed E-state index contributed by atoms with van der Waals surface area (Å²) in [6.07, 6.45) is 1.40. The molecule has 1 fully saturated rings. The van der Waals surface area contributed by atoms with Gasteiger partial charge in [-0.15, -0.1) is 0 Å². The van der Waals surface area contributed by atoms with Crippen LogP contribution in [0.5, 0.6) is 11.5 Å². The Hall–Kier alpha value is -3.68. The van der Waals surface area contributed by atoms with Crippen LogP contribution in [0.2, 0.25) is 0 Å². The Morgan fingerprint density at radius 1 is 0.906 bits per heavy atom. The zero-order chi connectivity index (χ0) is 22.2. The van der Waals surface area contributed by atoms with Gasteiger partial charge in [0.05, 0.1) is 22.4 Å². The van der Waals surface area contributed by atoms with Crippen molar-refractivity contribution in [2.45, 2.75) is 32.7 Å². The van der Waals surface area contributed by atoms with E-state index in [1.807, 2.05) is 36.9 Å². The van der Waals surface area contributed by atoms with Crippen molar-refractivity contribution in [3.05, 3.63) is 58.9 Å². The third-order valence-electron chi connectivity index (χ3n) is 6.07. The molecular weight excluding hydrogens is 408 g/mol. The minimum absolute atomic E-state index is 0.0186. The Morgan fingerprint density at radius 2 is 1.59 bits per heavy atom. The second-order valence-electron chi connectivity index (χ2n) is 8.21. The SMILES string of the molecule is Cc1nc2ccc(C(=O)N3CCC(NC(=O)c4ccc5c(c4)OCO5)CC3)cc2nc1C. The molecule has 2 aromatic carbocycles. The van der Waals surface area contributed by atoms with Gasteiger partial charge in [-0.05, 0) is 63.1 Å². The minimum Gasteiger partial charge on any atom is -0.454 e. The lowest BCUT2D eigenvalue weighted by atomic mass is 10.0. The summed E-state index contributed by atoms with van der Waals surface area (Å²) in [6, 6.07) is 10.7. The molecule has 0 spiro atoms. The summed E-state index contributed by atoms with van der Waals surface area (Å²) in [4.78, 5) is 36.6. The summed E-state index contributed by atoms with van der Waals surface area (Å²) in [5.74, 6) is 1.07. The minimum atomic E-state index is -0.146. The average Bonchev–Trinajstić information content (AvgIpc) is 3.27. The fourth-order valence-corrected chi connectivity index (χ4v) is 4.08. The first-order valence-corrected chi connectivity index (χ1v) is 10.7. The van der Waals surface area contributed by atoms with Crippen LogP contribution in [0.25, 0.3) is 11.0 Å². The van der Waals surface area contributed by atoms with E-state index >= 15 is 0 Å². The van der Waals surface area contributed by atoms with Crippen LogP contribution in [0.3, 0.4) is 0 Å². The van der Waals surface area contributed by atoms with Crippen LogP contribution < -0.4 is 14.8 Å². The Morgan fingerprint density at radius 3 is 2.38 bits per heavy atom. The maximum Gasteiger partial charge on any atom is 0.253 e. The van der Waals surface area contributed by atoms with Crippen LogP contribution in [0, 0.1) is 13.8 Å². The van der Waals surface area contributed by atoms with E-state index in [2.05, 4.69) is 15.3 Å². The molecule has 0 radical (unpaired) electrons. The first kappa shape index (κ1) is 20.2. The molecule has 164 valence electrons. The van der Waals surface area contributed by atoms with Crippen molar-refractivity contribution in [1.82, 2.24) is 20.2 Å². The molecule has 0 bridgehead atoms. The molecule has 32 heavy (non-hydrogen) atoms. The highest BCUT2D eigenvalue weighted by Crippen LogP contribution is 2.32. The number of benzene rings is 2. The fraction of sp³-hybridized carbons (Fsp3) is 0.333. The maximum absolute atomic E-state index is 13.0. The molecule has 0 saturated carbocycles. The van der Waals surface area contributed by atoms with E-state index in [1.165, 1.54) is 0 Å². The van der Waals surface area contributed by atoms with Crippen molar-refractivity contribution in [3.63, 3.8) is 0 Å². The van der Waals surface area contributed by atoms with Gasteiger partial charge in [-0.25, -0.2) is 9.97 Å². The highest BCUT2D eigenvalue weighted by Gasteiger charge is 2.26. The van der Waals surface area contributed by atoms with Crippen LogP contribution >= 0.6 is 0 Å². The highest BCUT2D eigenvalue weighted by molar-refractivity contribution is 5.97. The lowest BCUT2D eigenvalue weighted by Crippen LogP contribution is -2.46. The Kier molecular flexibility index (Phi) is 5.13. The van der Waals surface area contributed by atoms with E-state index in [-0.39, 0.29) is 24.6 Å². The Labute approximate surface area is 185 Å². The zero-order valence-electron chi connectivity index (χ0n) is 18.1. The van der Waals surface area contributed by atoms with E-state index in [1.54, 1.807) is 18.2 Å². The topological polar surface area (TPSA) is 93.7 Å². The molecule has 0 unspecified atom stereocenters. The molecule has 2 amide bonds. The van der Waals surface area contributed by atoms with Crippen LogP contribution in [-0.2, 0) is 0 Å². The number of carbonyl (C=O) groups excluding carboxylic acids is 2. The predicted octanol–water partition coefficient (Wildman–Crippen LogP) is 3.01. The Bertz CT molecular complexity index is 1220. The van der Waals surface area contributed by atoms with Gasteiger partial charge in [-0.2, -0.15) is 0 Å². The van der Waals surface area contributed by atoms with Crippen molar-refractivity contribution in [2.75, 3.05) is 19.9 Å². The van der Waals surface area contributed by atoms with Gasteiger partial charge in [-0.3, -0.25) is 9.59 Å². The molecule has 8 nitrogen and oxygen atoms in total. The number of rotatable bonds is 3. The summed E-state index contributed by atoms with van der Waals surface area (Å²) in [5.41, 5.74) is 4.41. The number of hydrogen-bond acceptors (Lipinski definition) is 6. The number of piperidine rings is 1. The van der Waals surface area contributed by atoms with Gasteiger partial charge < -0.3 is 19.7 Å². The number of nitrogens with one attached hydrogen (secondary N) is 1. The summed E-state index contributed by atoms with van der Waals surface area (Å²) in [7, 11) is 0. The average molecular weight is 432 g/mol. The standard InChI is InChI=1S/C24H24N4O4/c1-14-15(2)26-20-11-17(3-5-19(20)25-14)24(30)28-9-7-18(8-10-28)27-23(29)16-4-6-21-22(12-16)32-13-31-21/h3-6,11-12,18H,7-10,13H2,1-2H3,(H,27,29). The predicted molar refractivity (Wildman–Crippen MR) is 118 cm³/mol. The van der Waals surface area contributed by atoms with Crippen LogP contribution in [0.4, 0.5) is 0 Å². The lowest BCUT2D eigenvalue weighted by molar-refractivity contribution is 0.0698. The zero-order valence-corrected chi connectivity index (χ0v) is 18.1. The van der Waals surface area contributed by atoms with E-state index < -0.39 is 0 Å². The number of amides is 2. The van der Waals surface area contributed by atoms with Crippen molar-refractivity contribution in [3.8, 4) is 11.5 Å². The molecule has 1 N–H and O–H groups in total. The molecule has 1 aromatic heterocycles. The van der Waals surface area contributed by atoms with Gasteiger partial charge in [0.2, 0.25) is 6.79 Å². The summed E-state index contributed by atoms with van der Waals surface area (Å²) in [5, 5.41) is 3.07. The van der Waals surface area contributed by atoms with Gasteiger partial charge in [0, 0.05) is 30.3 Å². The third-order valence-corrected chi connectivity index (χ3v) is 6.07. The quantitative estimate of drug-likeness (QED) is 0.684. The van der Waals surface area contributed by atoms with Gasteiger partial charge in [0.1, 0.15) is 0 Å². The van der Waals surface area contributed by atoms with E-state index in [9.17, 15) is 9.59 Å². The smallest absolute Gasteiger partial charge is 0.253 e. The van der Waals surface area contributed by atoms with Crippen molar-refractivity contribution in [2.24, 2.45) is 0 Å². The number of ether oxygens (including phenoxy) is 2. The molecule has 2 aliphatic rings. The molecule has 3 heterocycles. The molecule has 5 rings (SSSR count). The van der Waals surface area contributed by atoms with E-state index in [0.717, 1.165) is 22.4 Å². The third kappa shape index (κ3) is 3.84. The van der Waals surface area contributed by atoms with Crippen molar-refractivity contribution in [1.29, 1.82) is 0 Å². The largest absolute Gasteiger partial charge is 0.454 e. The second kappa shape index (κ2) is 8.11. The number of aromatic nitrogens is 2. The fourth-order valence-electron chi connectivity index (χ4n) is 4.08. The first-order chi connectivity index (χ1) is 15.5. The lowest BCUT2D eigenvalue weighted by Gasteiger charge is -2.32. The molecule has 8 heteroatoms. The van der Waals surface area contributed by atoms with Gasteiger partial charge in [-0.1, -0.05) is 0 Å². The summed E-state index contributed by atoms with van der Waals surface area (Å²) >= 11 is 0. The number of fused-ring (bicyclic) bond motifs is 2. The number of nitrogens with zero attached hydrogens (tertiary/aromatic N) is 3. The maximum atomic E-state index is 13.0. The molecule has 0 aliphatic carbocycles. The number of hydrogen-bond donors (Lipinski definition) is 1. The van der Waals surface area contributed by atoms with Crippen molar-refractivity contribution >= 4 is 22.8 Å². The highest BCUT2D eigenvalue weighted by atomic mass is 16.7. The molecular formula is C24H24N4O4. The number of likely N-dealkylation sites (tertiary alicyclic amines) is 1. The van der Waals surface area contributed by atoms with E-state index in [4.69, 9.17) is 9.47 Å². The first-order valence-electron chi connectivity index (χ1n) is 10.7. The Balaban J connectivity index is 1.21. The normalized spacial score (nSPS) is 15.8. The molecule has 2 aliphatic heterocycles. The van der Waals surface area contributed by atoms with Gasteiger partial charge in [0.25, 0.3) is 11.8 Å². The van der Waals surface area contributed by atoms with Gasteiger partial charge in [0.15, 0.2) is 11.5 Å². The van der Waals surface area contributed by atoms with Crippen LogP contribution in [0.1, 0.15) is 44.9 Å². The molecule has 1 saturated heterocycles. The van der Waals surface area contributed by atoms with Gasteiger partial charge >= 0.3 is 0 Å². The second-order valence-corrected chi connectivity index (χ2v) is 8.21. The monoisotopic (exact) mass is 432 g/mol. The summed E-state index contributed by atoms with van der Waals surface area (Å²) < 4.78 is 10.6. The molecule has 0 atom stereocenters. The molecule has 3 aromatic rings. The number of carbonyl (C=O) groups is 2. The van der Waals surface area contributed by atoms with Crippen LogP contribution in [-0.4, -0.2) is 52.6 Å². The number of aryl methyl sites for hydroxylation is 2. The van der Waals surface area contributed by atoms with Crippen LogP contribution in [0.15, 0.2) is 36.4 Å². The van der Waals surface area contributed by atoms with E-state index in [0.29, 0.717) is 48.6 Å².